The Morgan fingerprint density at radius 2 is 1.23 bits per heavy atom. The van der Waals surface area contributed by atoms with Gasteiger partial charge >= 0.3 is 0 Å². The highest BCUT2D eigenvalue weighted by molar-refractivity contribution is 6.61. The van der Waals surface area contributed by atoms with E-state index >= 15 is 0 Å². The van der Waals surface area contributed by atoms with E-state index in [4.69, 9.17) is 43.2 Å². The van der Waals surface area contributed by atoms with Crippen molar-refractivity contribution in [3.63, 3.8) is 0 Å². The predicted molar refractivity (Wildman–Crippen MR) is 82.6 cm³/mol. The summed E-state index contributed by atoms with van der Waals surface area (Å²) in [6, 6.07) is 3.27. The molecule has 0 unspecified atom stereocenters. The Balaban J connectivity index is 3.00. The van der Waals surface area contributed by atoms with Gasteiger partial charge in [0.1, 0.15) is 22.9 Å². The first-order valence-electron chi connectivity index (χ1n) is 5.86. The maximum Gasteiger partial charge on any atom is 0.206 e. The van der Waals surface area contributed by atoms with Crippen LogP contribution in [-0.4, -0.2) is 25.6 Å². The maximum absolute atomic E-state index is 8.89. The number of benzene rings is 1. The van der Waals surface area contributed by atoms with Gasteiger partial charge in [0.15, 0.2) is 0 Å². The van der Waals surface area contributed by atoms with Crippen molar-refractivity contribution < 1.29 is 9.47 Å². The minimum absolute atomic E-state index is 0.0104. The molecule has 0 aromatic heterocycles. The summed E-state index contributed by atoms with van der Waals surface area (Å²) in [5.74, 6) is 0.801. The van der Waals surface area contributed by atoms with Crippen molar-refractivity contribution in [1.29, 1.82) is 10.5 Å². The van der Waals surface area contributed by atoms with E-state index in [1.807, 2.05) is 0 Å². The minimum Gasteiger partial charge on any atom is -0.496 e. The Morgan fingerprint density at radius 1 is 0.864 bits per heavy atom. The molecule has 0 aliphatic heterocycles. The van der Waals surface area contributed by atoms with Gasteiger partial charge in [0.25, 0.3) is 0 Å². The van der Waals surface area contributed by atoms with E-state index in [1.165, 1.54) is 14.2 Å². The van der Waals surface area contributed by atoms with Gasteiger partial charge in [0.2, 0.25) is 12.4 Å². The zero-order chi connectivity index (χ0) is 16.3. The Morgan fingerprint density at radius 3 is 1.50 bits per heavy atom. The molecule has 110 valence electrons. The molecule has 0 saturated carbocycles. The molecular formula is C14H8Cl2N4O2. The zero-order valence-corrected chi connectivity index (χ0v) is 13.0. The average molecular weight is 335 g/mol. The normalized spacial score (nSPS) is 17.0. The smallest absolute Gasteiger partial charge is 0.206 e. The van der Waals surface area contributed by atoms with E-state index < -0.39 is 0 Å². The first-order valence-corrected chi connectivity index (χ1v) is 6.61. The maximum atomic E-state index is 8.89. The number of methoxy groups -OCH3 is 2. The SMILES string of the molecule is COc1ccc(OC)c2c1C(=NC#N)C(Cl)=C(Cl)C2=NC#N. The van der Waals surface area contributed by atoms with Crippen LogP contribution in [0.25, 0.3) is 0 Å². The molecule has 0 saturated heterocycles. The number of ether oxygens (including phenoxy) is 2. The lowest BCUT2D eigenvalue weighted by Crippen LogP contribution is -2.21. The topological polar surface area (TPSA) is 90.8 Å². The highest BCUT2D eigenvalue weighted by Gasteiger charge is 2.33. The van der Waals surface area contributed by atoms with E-state index in [1.54, 1.807) is 24.5 Å². The van der Waals surface area contributed by atoms with Crippen LogP contribution in [0.2, 0.25) is 0 Å². The van der Waals surface area contributed by atoms with Crippen molar-refractivity contribution in [1.82, 2.24) is 0 Å². The van der Waals surface area contributed by atoms with Gasteiger partial charge in [0, 0.05) is 0 Å². The Labute approximate surface area is 136 Å². The first kappa shape index (κ1) is 15.8. The van der Waals surface area contributed by atoms with Crippen LogP contribution in [0.3, 0.4) is 0 Å². The highest BCUT2D eigenvalue weighted by Crippen LogP contribution is 2.41. The molecule has 0 heterocycles. The van der Waals surface area contributed by atoms with Crippen molar-refractivity contribution in [2.24, 2.45) is 9.98 Å². The van der Waals surface area contributed by atoms with Gasteiger partial charge in [0.05, 0.1) is 35.4 Å². The van der Waals surface area contributed by atoms with Crippen LogP contribution in [0.5, 0.6) is 11.5 Å². The van der Waals surface area contributed by atoms with Gasteiger partial charge < -0.3 is 9.47 Å². The molecule has 8 heteroatoms. The third-order valence-electron chi connectivity index (χ3n) is 2.97. The van der Waals surface area contributed by atoms with Gasteiger partial charge in [-0.1, -0.05) is 23.2 Å². The van der Waals surface area contributed by atoms with Crippen LogP contribution in [-0.2, 0) is 0 Å². The van der Waals surface area contributed by atoms with Gasteiger partial charge in [-0.2, -0.15) is 20.5 Å². The molecule has 22 heavy (non-hydrogen) atoms. The number of nitriles is 2. The summed E-state index contributed by atoms with van der Waals surface area (Å²) >= 11 is 12.3. The van der Waals surface area contributed by atoms with Crippen molar-refractivity contribution >= 4 is 34.6 Å². The van der Waals surface area contributed by atoms with E-state index in [2.05, 4.69) is 9.98 Å². The van der Waals surface area contributed by atoms with Crippen molar-refractivity contribution in [3.05, 3.63) is 33.3 Å². The Bertz CT molecular complexity index is 746. The van der Waals surface area contributed by atoms with Gasteiger partial charge in [-0.15, -0.1) is 0 Å². The number of hydrogen-bond acceptors (Lipinski definition) is 6. The third kappa shape index (κ3) is 2.39. The number of halogens is 2. The van der Waals surface area contributed by atoms with Crippen LogP contribution < -0.4 is 9.47 Å². The van der Waals surface area contributed by atoms with Crippen LogP contribution in [0.15, 0.2) is 32.2 Å². The summed E-state index contributed by atoms with van der Waals surface area (Å²) in [4.78, 5) is 7.42. The van der Waals surface area contributed by atoms with E-state index in [-0.39, 0.29) is 21.5 Å². The molecule has 1 aromatic carbocycles. The van der Waals surface area contributed by atoms with Crippen molar-refractivity contribution in [2.45, 2.75) is 0 Å². The number of aliphatic imine (C=N–C) groups is 2. The molecule has 1 aromatic rings. The molecular weight excluding hydrogens is 327 g/mol. The summed E-state index contributed by atoms with van der Waals surface area (Å²) in [7, 11) is 2.92. The fourth-order valence-corrected chi connectivity index (χ4v) is 2.56. The largest absolute Gasteiger partial charge is 0.496 e. The minimum atomic E-state index is 0.0104. The fraction of sp³-hybridized carbons (Fsp3) is 0.143. The quantitative estimate of drug-likeness (QED) is 0.777. The standard InChI is InChI=1S/C14H8Cl2N4O2/c1-21-7-3-4-8(22-2)10-9(7)13(19-5-17)11(15)12(16)14(10)20-6-18/h3-4H,1-2H3. The lowest BCUT2D eigenvalue weighted by atomic mass is 9.91. The Hall–Kier alpha value is -2.54. The van der Waals surface area contributed by atoms with Crippen LogP contribution >= 0.6 is 23.2 Å². The number of rotatable bonds is 2. The molecule has 0 radical (unpaired) electrons. The number of allylic oxidation sites excluding steroid dienone is 2. The molecule has 1 aliphatic rings. The molecule has 0 atom stereocenters. The number of hydrogen-bond donors (Lipinski definition) is 0. The number of nitrogens with zero attached hydrogens (tertiary/aromatic N) is 4. The van der Waals surface area contributed by atoms with E-state index in [0.29, 0.717) is 22.6 Å². The molecule has 1 aliphatic carbocycles. The van der Waals surface area contributed by atoms with Gasteiger partial charge in [-0.05, 0) is 12.1 Å². The summed E-state index contributed by atoms with van der Waals surface area (Å²) in [5.41, 5.74) is 1.06. The molecule has 0 fully saturated rings. The lowest BCUT2D eigenvalue weighted by molar-refractivity contribution is 0.401. The Kier molecular flexibility index (Phi) is 4.67. The highest BCUT2D eigenvalue weighted by atomic mass is 35.5. The van der Waals surface area contributed by atoms with Gasteiger partial charge in [-0.3, -0.25) is 0 Å². The molecule has 0 amide bonds. The van der Waals surface area contributed by atoms with E-state index in [9.17, 15) is 0 Å². The monoisotopic (exact) mass is 334 g/mol. The summed E-state index contributed by atoms with van der Waals surface area (Å²) in [6.45, 7) is 0. The van der Waals surface area contributed by atoms with Gasteiger partial charge in [-0.25, -0.2) is 0 Å². The summed E-state index contributed by atoms with van der Waals surface area (Å²) < 4.78 is 10.6. The summed E-state index contributed by atoms with van der Waals surface area (Å²) in [5, 5.41) is 17.8. The van der Waals surface area contributed by atoms with E-state index in [0.717, 1.165) is 0 Å². The second-order valence-corrected chi connectivity index (χ2v) is 4.72. The first-order chi connectivity index (χ1) is 10.6. The van der Waals surface area contributed by atoms with Crippen LogP contribution in [0.4, 0.5) is 0 Å². The predicted octanol–water partition coefficient (Wildman–Crippen LogP) is 2.95. The second-order valence-electron chi connectivity index (χ2n) is 3.97. The van der Waals surface area contributed by atoms with Crippen LogP contribution in [0, 0.1) is 22.9 Å². The molecule has 0 spiro atoms. The number of fused-ring (bicyclic) bond motifs is 1. The lowest BCUT2D eigenvalue weighted by Gasteiger charge is -2.23. The fourth-order valence-electron chi connectivity index (χ4n) is 2.11. The zero-order valence-electron chi connectivity index (χ0n) is 11.5. The third-order valence-corrected chi connectivity index (χ3v) is 3.81. The van der Waals surface area contributed by atoms with Crippen LogP contribution in [0.1, 0.15) is 11.1 Å². The second kappa shape index (κ2) is 6.48. The molecule has 2 rings (SSSR count). The molecule has 0 N–H and O–H groups in total. The van der Waals surface area contributed by atoms with Crippen molar-refractivity contribution in [2.75, 3.05) is 14.2 Å². The molecule has 0 bridgehead atoms. The molecule has 6 nitrogen and oxygen atoms in total. The summed E-state index contributed by atoms with van der Waals surface area (Å²) in [6.07, 6.45) is 3.35. The average Bonchev–Trinajstić information content (AvgIpc) is 2.54. The van der Waals surface area contributed by atoms with Crippen molar-refractivity contribution in [3.8, 4) is 23.9 Å².